The van der Waals surface area contributed by atoms with Crippen molar-refractivity contribution in [1.29, 1.82) is 0 Å². The molecule has 2 fully saturated rings. The van der Waals surface area contributed by atoms with Crippen molar-refractivity contribution in [3.05, 3.63) is 35.1 Å². The number of hydrogen-bond acceptors (Lipinski definition) is 1. The van der Waals surface area contributed by atoms with E-state index in [-0.39, 0.29) is 5.82 Å². The Hall–Kier alpha value is -0.890. The molecule has 0 amide bonds. The third kappa shape index (κ3) is 2.90. The molecule has 1 aromatic carbocycles. The average Bonchev–Trinajstić information content (AvgIpc) is 3.02. The van der Waals surface area contributed by atoms with E-state index in [1.807, 2.05) is 13.0 Å². The second kappa shape index (κ2) is 5.48. The third-order valence-electron chi connectivity index (χ3n) is 5.26. The van der Waals surface area contributed by atoms with Crippen molar-refractivity contribution in [3.8, 4) is 0 Å². The Labute approximate surface area is 122 Å². The van der Waals surface area contributed by atoms with Gasteiger partial charge in [0.15, 0.2) is 0 Å². The molecule has 0 saturated heterocycles. The monoisotopic (exact) mass is 275 g/mol. The summed E-state index contributed by atoms with van der Waals surface area (Å²) in [4.78, 5) is 0. The maximum Gasteiger partial charge on any atom is 0.123 e. The Kier molecular flexibility index (Phi) is 3.85. The van der Waals surface area contributed by atoms with E-state index < -0.39 is 0 Å². The molecule has 0 aliphatic heterocycles. The summed E-state index contributed by atoms with van der Waals surface area (Å²) in [6, 6.07) is 5.29. The van der Waals surface area contributed by atoms with Crippen LogP contribution in [0.2, 0.25) is 0 Å². The van der Waals surface area contributed by atoms with Crippen molar-refractivity contribution in [3.63, 3.8) is 0 Å². The fourth-order valence-corrected chi connectivity index (χ4v) is 4.15. The summed E-state index contributed by atoms with van der Waals surface area (Å²) < 4.78 is 13.3. The number of halogens is 1. The molecule has 2 atom stereocenters. The summed E-state index contributed by atoms with van der Waals surface area (Å²) in [6.07, 6.45) is 6.50. The van der Waals surface area contributed by atoms with Gasteiger partial charge in [0.25, 0.3) is 0 Å². The molecule has 1 nitrogen and oxygen atoms in total. The molecule has 0 aromatic heterocycles. The first-order valence-electron chi connectivity index (χ1n) is 8.08. The van der Waals surface area contributed by atoms with E-state index in [4.69, 9.17) is 0 Å². The minimum absolute atomic E-state index is 0.112. The Morgan fingerprint density at radius 1 is 1.30 bits per heavy atom. The van der Waals surface area contributed by atoms with Gasteiger partial charge in [-0.25, -0.2) is 4.39 Å². The number of benzene rings is 1. The molecule has 2 aliphatic carbocycles. The normalized spacial score (nSPS) is 31.4. The number of rotatable bonds is 6. The van der Waals surface area contributed by atoms with E-state index in [1.165, 1.54) is 31.2 Å². The van der Waals surface area contributed by atoms with Crippen LogP contribution in [0.1, 0.15) is 43.7 Å². The summed E-state index contributed by atoms with van der Waals surface area (Å²) in [5, 5.41) is 3.64. The van der Waals surface area contributed by atoms with Gasteiger partial charge in [0.1, 0.15) is 5.82 Å². The van der Waals surface area contributed by atoms with Gasteiger partial charge in [0, 0.05) is 6.54 Å². The predicted molar refractivity (Wildman–Crippen MR) is 81.3 cm³/mol. The van der Waals surface area contributed by atoms with Crippen LogP contribution in [0.25, 0.3) is 0 Å². The summed E-state index contributed by atoms with van der Waals surface area (Å²) in [5.41, 5.74) is 2.87. The maximum atomic E-state index is 13.3. The van der Waals surface area contributed by atoms with Crippen LogP contribution in [0.15, 0.2) is 18.2 Å². The molecule has 3 rings (SSSR count). The van der Waals surface area contributed by atoms with Crippen LogP contribution < -0.4 is 5.32 Å². The van der Waals surface area contributed by atoms with Gasteiger partial charge in [0.2, 0.25) is 0 Å². The van der Waals surface area contributed by atoms with Gasteiger partial charge in [-0.1, -0.05) is 13.0 Å². The molecule has 2 aliphatic rings. The standard InChI is InChI=1S/C18H26FN/c1-3-6-20-12-18(10-15-8-16(15)11-18)9-14-4-5-17(19)7-13(14)2/h4-5,7,15-16,20H,3,6,8-12H2,1-2H3. The van der Waals surface area contributed by atoms with Crippen LogP contribution in [-0.2, 0) is 6.42 Å². The van der Waals surface area contributed by atoms with Crippen molar-refractivity contribution >= 4 is 0 Å². The van der Waals surface area contributed by atoms with Crippen molar-refractivity contribution < 1.29 is 4.39 Å². The fourth-order valence-electron chi connectivity index (χ4n) is 4.15. The first-order chi connectivity index (χ1) is 9.62. The van der Waals surface area contributed by atoms with E-state index in [9.17, 15) is 4.39 Å². The minimum atomic E-state index is -0.112. The molecule has 2 unspecified atom stereocenters. The van der Waals surface area contributed by atoms with Crippen LogP contribution in [0.5, 0.6) is 0 Å². The Morgan fingerprint density at radius 3 is 2.70 bits per heavy atom. The molecule has 0 bridgehead atoms. The first kappa shape index (κ1) is 14.1. The average molecular weight is 275 g/mol. The summed E-state index contributed by atoms with van der Waals surface area (Å²) in [7, 11) is 0. The summed E-state index contributed by atoms with van der Waals surface area (Å²) >= 11 is 0. The highest BCUT2D eigenvalue weighted by Gasteiger charge is 2.53. The quantitative estimate of drug-likeness (QED) is 0.771. The van der Waals surface area contributed by atoms with Crippen LogP contribution in [0.3, 0.4) is 0 Å². The molecule has 110 valence electrons. The zero-order valence-corrected chi connectivity index (χ0v) is 12.7. The fraction of sp³-hybridized carbons (Fsp3) is 0.667. The predicted octanol–water partition coefficient (Wildman–Crippen LogP) is 4.09. The van der Waals surface area contributed by atoms with E-state index >= 15 is 0 Å². The molecule has 20 heavy (non-hydrogen) atoms. The third-order valence-corrected chi connectivity index (χ3v) is 5.26. The smallest absolute Gasteiger partial charge is 0.123 e. The number of nitrogens with one attached hydrogen (secondary N) is 1. The highest BCUT2D eigenvalue weighted by Crippen LogP contribution is 2.60. The zero-order valence-electron chi connectivity index (χ0n) is 12.7. The number of fused-ring (bicyclic) bond motifs is 1. The van der Waals surface area contributed by atoms with Gasteiger partial charge in [-0.2, -0.15) is 0 Å². The van der Waals surface area contributed by atoms with Gasteiger partial charge in [0.05, 0.1) is 0 Å². The molecular weight excluding hydrogens is 249 g/mol. The minimum Gasteiger partial charge on any atom is -0.316 e. The lowest BCUT2D eigenvalue weighted by Crippen LogP contribution is -2.35. The summed E-state index contributed by atoms with van der Waals surface area (Å²) in [6.45, 7) is 6.50. The van der Waals surface area contributed by atoms with E-state index in [0.29, 0.717) is 5.41 Å². The second-order valence-electron chi connectivity index (χ2n) is 7.09. The van der Waals surface area contributed by atoms with E-state index in [1.54, 1.807) is 12.1 Å². The topological polar surface area (TPSA) is 12.0 Å². The van der Waals surface area contributed by atoms with E-state index in [2.05, 4.69) is 12.2 Å². The largest absolute Gasteiger partial charge is 0.316 e. The van der Waals surface area contributed by atoms with Crippen molar-refractivity contribution in [2.24, 2.45) is 17.3 Å². The van der Waals surface area contributed by atoms with E-state index in [0.717, 1.165) is 36.9 Å². The SMILES string of the molecule is CCCNCC1(Cc2ccc(F)cc2C)CC2CC2C1. The lowest BCUT2D eigenvalue weighted by atomic mass is 9.76. The van der Waals surface area contributed by atoms with Gasteiger partial charge < -0.3 is 5.32 Å². The van der Waals surface area contributed by atoms with Gasteiger partial charge in [-0.05, 0) is 86.1 Å². The lowest BCUT2D eigenvalue weighted by Gasteiger charge is -2.32. The molecule has 2 heteroatoms. The van der Waals surface area contributed by atoms with Gasteiger partial charge >= 0.3 is 0 Å². The van der Waals surface area contributed by atoms with Gasteiger partial charge in [-0.15, -0.1) is 0 Å². The van der Waals surface area contributed by atoms with Crippen molar-refractivity contribution in [2.45, 2.75) is 46.0 Å². The molecule has 0 spiro atoms. The zero-order chi connectivity index (χ0) is 14.2. The van der Waals surface area contributed by atoms with Gasteiger partial charge in [-0.3, -0.25) is 0 Å². The maximum absolute atomic E-state index is 13.3. The van der Waals surface area contributed by atoms with Crippen LogP contribution in [-0.4, -0.2) is 13.1 Å². The molecule has 1 aromatic rings. The second-order valence-corrected chi connectivity index (χ2v) is 7.09. The van der Waals surface area contributed by atoms with Crippen LogP contribution in [0.4, 0.5) is 4.39 Å². The highest BCUT2D eigenvalue weighted by atomic mass is 19.1. The number of hydrogen-bond donors (Lipinski definition) is 1. The van der Waals surface area contributed by atoms with Crippen LogP contribution >= 0.6 is 0 Å². The van der Waals surface area contributed by atoms with Crippen molar-refractivity contribution in [1.82, 2.24) is 5.32 Å². The van der Waals surface area contributed by atoms with Crippen LogP contribution in [0, 0.1) is 30.0 Å². The lowest BCUT2D eigenvalue weighted by molar-refractivity contribution is 0.248. The Bertz CT molecular complexity index is 472. The molecular formula is C18H26FN. The molecule has 2 saturated carbocycles. The Balaban J connectivity index is 1.72. The first-order valence-corrected chi connectivity index (χ1v) is 8.08. The molecule has 0 heterocycles. The molecule has 0 radical (unpaired) electrons. The number of aryl methyl sites for hydroxylation is 1. The van der Waals surface area contributed by atoms with Crippen molar-refractivity contribution in [2.75, 3.05) is 13.1 Å². The Morgan fingerprint density at radius 2 is 2.05 bits per heavy atom. The summed E-state index contributed by atoms with van der Waals surface area (Å²) in [5.74, 6) is 1.86. The highest BCUT2D eigenvalue weighted by molar-refractivity contribution is 5.28. The molecule has 1 N–H and O–H groups in total.